The lowest BCUT2D eigenvalue weighted by Gasteiger charge is -2.04. The fourth-order valence-electron chi connectivity index (χ4n) is 6.63. The Morgan fingerprint density at radius 1 is 0.476 bits per heavy atom. The molecule has 4 aromatic heterocycles. The van der Waals surface area contributed by atoms with Crippen molar-refractivity contribution in [3.63, 3.8) is 0 Å². The standard InChI is InChI=1S/C38H58S4/c1-5-8-10-12-14-16-18-20-22-24-27-30-29(4)39-37-33(30)35-36(41-37)34-31(32(26-7-3)40-38(34)42-35)28-25-23-21-19-17-15-13-11-9-6-2/h7,26H,5-6,8-25,27-28H2,1-4H3/b26-7+. The average Bonchev–Trinajstić information content (AvgIpc) is 3.68. The summed E-state index contributed by atoms with van der Waals surface area (Å²) < 4.78 is 6.37. The van der Waals surface area contributed by atoms with Gasteiger partial charge in [0.15, 0.2) is 0 Å². The van der Waals surface area contributed by atoms with E-state index < -0.39 is 0 Å². The number of unbranched alkanes of at least 4 members (excludes halogenated alkanes) is 18. The van der Waals surface area contributed by atoms with Crippen molar-refractivity contribution in [2.24, 2.45) is 0 Å². The summed E-state index contributed by atoms with van der Waals surface area (Å²) in [4.78, 5) is 3.10. The molecule has 0 radical (unpaired) electrons. The summed E-state index contributed by atoms with van der Waals surface area (Å²) in [5, 5.41) is 3.26. The van der Waals surface area contributed by atoms with Gasteiger partial charge in [-0.15, -0.1) is 45.3 Å². The van der Waals surface area contributed by atoms with Crippen LogP contribution in [0.15, 0.2) is 6.08 Å². The first-order chi connectivity index (χ1) is 20.7. The minimum Gasteiger partial charge on any atom is -0.129 e. The third-order valence-corrected chi connectivity index (χ3v) is 14.2. The van der Waals surface area contributed by atoms with Gasteiger partial charge < -0.3 is 0 Å². The van der Waals surface area contributed by atoms with Crippen LogP contribution in [0.4, 0.5) is 0 Å². The number of thiophene rings is 4. The van der Waals surface area contributed by atoms with Crippen LogP contribution in [-0.2, 0) is 12.8 Å². The predicted molar refractivity (Wildman–Crippen MR) is 201 cm³/mol. The lowest BCUT2D eigenvalue weighted by Crippen LogP contribution is -1.88. The Labute approximate surface area is 274 Å². The number of fused-ring (bicyclic) bond motifs is 5. The molecule has 42 heavy (non-hydrogen) atoms. The quantitative estimate of drug-likeness (QED) is 0.0706. The molecule has 0 bridgehead atoms. The second kappa shape index (κ2) is 19.0. The van der Waals surface area contributed by atoms with Gasteiger partial charge in [-0.05, 0) is 56.7 Å². The maximum absolute atomic E-state index is 2.38. The van der Waals surface area contributed by atoms with E-state index >= 15 is 0 Å². The van der Waals surface area contributed by atoms with Crippen molar-refractivity contribution in [3.05, 3.63) is 27.0 Å². The van der Waals surface area contributed by atoms with Gasteiger partial charge in [0.1, 0.15) is 0 Å². The monoisotopic (exact) mass is 642 g/mol. The van der Waals surface area contributed by atoms with Crippen LogP contribution in [0, 0.1) is 6.92 Å². The van der Waals surface area contributed by atoms with E-state index in [1.165, 1.54) is 146 Å². The molecule has 0 saturated carbocycles. The summed E-state index contributed by atoms with van der Waals surface area (Å²) in [6.07, 6.45) is 35.4. The van der Waals surface area contributed by atoms with Gasteiger partial charge in [-0.2, -0.15) is 0 Å². The number of hydrogen-bond donors (Lipinski definition) is 0. The molecule has 0 aliphatic rings. The molecule has 0 spiro atoms. The van der Waals surface area contributed by atoms with Gasteiger partial charge in [0, 0.05) is 20.5 Å². The Hall–Kier alpha value is -0.680. The van der Waals surface area contributed by atoms with E-state index in [2.05, 4.69) is 85.2 Å². The van der Waals surface area contributed by atoms with Crippen LogP contribution in [0.2, 0.25) is 0 Å². The number of rotatable bonds is 23. The van der Waals surface area contributed by atoms with Crippen LogP contribution >= 0.6 is 45.3 Å². The summed E-state index contributed by atoms with van der Waals surface area (Å²) in [5.74, 6) is 0. The van der Waals surface area contributed by atoms with E-state index in [0.717, 1.165) is 0 Å². The van der Waals surface area contributed by atoms with Crippen molar-refractivity contribution >= 4 is 79.6 Å². The lowest BCUT2D eigenvalue weighted by molar-refractivity contribution is 0.556. The first kappa shape index (κ1) is 34.2. The number of hydrogen-bond acceptors (Lipinski definition) is 4. The van der Waals surface area contributed by atoms with Gasteiger partial charge in [0.2, 0.25) is 0 Å². The summed E-state index contributed by atoms with van der Waals surface area (Å²) in [5.41, 5.74) is 3.33. The normalized spacial score (nSPS) is 12.4. The van der Waals surface area contributed by atoms with Crippen molar-refractivity contribution in [1.29, 1.82) is 0 Å². The highest BCUT2D eigenvalue weighted by atomic mass is 32.2. The van der Waals surface area contributed by atoms with Gasteiger partial charge in [0.05, 0.1) is 17.4 Å². The molecule has 234 valence electrons. The topological polar surface area (TPSA) is 0 Å². The average molecular weight is 643 g/mol. The molecule has 4 aromatic rings. The zero-order valence-corrected chi connectivity index (χ0v) is 30.6. The van der Waals surface area contributed by atoms with Gasteiger partial charge >= 0.3 is 0 Å². The second-order valence-electron chi connectivity index (χ2n) is 12.6. The Morgan fingerprint density at radius 2 is 0.881 bits per heavy atom. The van der Waals surface area contributed by atoms with Crippen LogP contribution in [0.5, 0.6) is 0 Å². The molecule has 0 aromatic carbocycles. The number of aryl methyl sites for hydroxylation is 3. The van der Waals surface area contributed by atoms with E-state index in [1.54, 1.807) is 44.2 Å². The highest BCUT2D eigenvalue weighted by molar-refractivity contribution is 7.49. The largest absolute Gasteiger partial charge is 0.129 e. The maximum atomic E-state index is 2.38. The fraction of sp³-hybridized carbons (Fsp3) is 0.684. The Morgan fingerprint density at radius 3 is 1.36 bits per heavy atom. The van der Waals surface area contributed by atoms with Crippen molar-refractivity contribution < 1.29 is 0 Å². The summed E-state index contributed by atoms with van der Waals surface area (Å²) in [6.45, 7) is 9.18. The van der Waals surface area contributed by atoms with E-state index in [0.29, 0.717) is 0 Å². The smallest absolute Gasteiger partial charge is 0.0895 e. The molecule has 0 unspecified atom stereocenters. The molecule has 0 aliphatic carbocycles. The molecule has 0 N–H and O–H groups in total. The Bertz CT molecular complexity index is 1340. The van der Waals surface area contributed by atoms with Crippen molar-refractivity contribution in [2.75, 3.05) is 0 Å². The van der Waals surface area contributed by atoms with Crippen LogP contribution in [-0.4, -0.2) is 0 Å². The van der Waals surface area contributed by atoms with Crippen LogP contribution < -0.4 is 0 Å². The van der Waals surface area contributed by atoms with Crippen LogP contribution in [0.25, 0.3) is 34.3 Å². The molecule has 0 nitrogen and oxygen atoms in total. The molecular formula is C38H58S4. The van der Waals surface area contributed by atoms with E-state index in [9.17, 15) is 0 Å². The summed E-state index contributed by atoms with van der Waals surface area (Å²) in [6, 6.07) is 0. The first-order valence-electron chi connectivity index (χ1n) is 17.7. The van der Waals surface area contributed by atoms with Crippen LogP contribution in [0.1, 0.15) is 170 Å². The zero-order chi connectivity index (χ0) is 29.6. The minimum atomic E-state index is 1.25. The van der Waals surface area contributed by atoms with E-state index in [1.807, 2.05) is 0 Å². The van der Waals surface area contributed by atoms with E-state index in [4.69, 9.17) is 0 Å². The van der Waals surface area contributed by atoms with Crippen molar-refractivity contribution in [2.45, 2.75) is 169 Å². The fourth-order valence-corrected chi connectivity index (χ4v) is 12.7. The third-order valence-electron chi connectivity index (χ3n) is 9.11. The minimum absolute atomic E-state index is 1.25. The highest BCUT2D eigenvalue weighted by Crippen LogP contribution is 2.53. The highest BCUT2D eigenvalue weighted by Gasteiger charge is 2.22. The van der Waals surface area contributed by atoms with Crippen molar-refractivity contribution in [1.82, 2.24) is 0 Å². The van der Waals surface area contributed by atoms with Crippen LogP contribution in [0.3, 0.4) is 0 Å². The van der Waals surface area contributed by atoms with Gasteiger partial charge in [-0.3, -0.25) is 0 Å². The Balaban J connectivity index is 1.35. The molecule has 4 heterocycles. The van der Waals surface area contributed by atoms with Gasteiger partial charge in [-0.25, -0.2) is 0 Å². The molecule has 0 fully saturated rings. The molecule has 0 aliphatic heterocycles. The molecular weight excluding hydrogens is 585 g/mol. The predicted octanol–water partition coefficient (Wildman–Crippen LogP) is 15.7. The van der Waals surface area contributed by atoms with Gasteiger partial charge in [0.25, 0.3) is 0 Å². The SMILES string of the molecule is C/C=C/c1sc2sc3c(sc4sc(C)c(CCCCCCCCCCCC)c43)c2c1CCCCCCCCCCCC. The lowest BCUT2D eigenvalue weighted by atomic mass is 10.0. The van der Waals surface area contributed by atoms with Gasteiger partial charge in [-0.1, -0.05) is 135 Å². The zero-order valence-electron chi connectivity index (χ0n) is 27.3. The molecule has 4 rings (SSSR count). The Kier molecular flexibility index (Phi) is 15.4. The summed E-state index contributed by atoms with van der Waals surface area (Å²) >= 11 is 8.34. The van der Waals surface area contributed by atoms with Crippen molar-refractivity contribution in [3.8, 4) is 0 Å². The molecule has 4 heteroatoms. The summed E-state index contributed by atoms with van der Waals surface area (Å²) in [7, 11) is 0. The number of allylic oxidation sites excluding steroid dienone is 1. The first-order valence-corrected chi connectivity index (χ1v) is 21.0. The van der Waals surface area contributed by atoms with E-state index in [-0.39, 0.29) is 0 Å². The maximum Gasteiger partial charge on any atom is 0.0895 e. The second-order valence-corrected chi connectivity index (χ2v) is 17.5. The third kappa shape index (κ3) is 9.41. The molecule has 0 saturated heterocycles. The molecule has 0 amide bonds. The molecule has 0 atom stereocenters.